The van der Waals surface area contributed by atoms with Crippen LogP contribution < -0.4 is 0 Å². The fourth-order valence-electron chi connectivity index (χ4n) is 0.454. The maximum Gasteiger partial charge on any atom is 0.0700 e. The van der Waals surface area contributed by atoms with Crippen LogP contribution in [-0.2, 0) is 4.74 Å². The Bertz CT molecular complexity index is 23.4. The van der Waals surface area contributed by atoms with Gasteiger partial charge in [0.05, 0.1) is 7.11 Å². The highest BCUT2D eigenvalue weighted by Crippen LogP contribution is 1.92. The molecule has 1 radical (unpaired) electrons. The molecule has 0 saturated heterocycles. The standard InChI is InChI=1S/C6H13O/c1-3-4-5-6-7-2/h2-6H2,1H3. The van der Waals surface area contributed by atoms with Gasteiger partial charge >= 0.3 is 0 Å². The summed E-state index contributed by atoms with van der Waals surface area (Å²) < 4.78 is 4.59. The van der Waals surface area contributed by atoms with E-state index in [1.54, 1.807) is 0 Å². The highest BCUT2D eigenvalue weighted by atomic mass is 16.5. The van der Waals surface area contributed by atoms with Crippen molar-refractivity contribution in [3.8, 4) is 0 Å². The molecule has 0 fully saturated rings. The lowest BCUT2D eigenvalue weighted by Crippen LogP contribution is -1.83. The van der Waals surface area contributed by atoms with E-state index in [9.17, 15) is 0 Å². The minimum Gasteiger partial charge on any atom is -0.379 e. The predicted octanol–water partition coefficient (Wildman–Crippen LogP) is 1.98. The van der Waals surface area contributed by atoms with Crippen molar-refractivity contribution in [1.82, 2.24) is 0 Å². The zero-order chi connectivity index (χ0) is 5.54. The molecule has 0 aromatic carbocycles. The fourth-order valence-corrected chi connectivity index (χ4v) is 0.454. The minimum absolute atomic E-state index is 0.813. The SMILES string of the molecule is [CH2]OCCCCC. The van der Waals surface area contributed by atoms with Crippen LogP contribution in [0.1, 0.15) is 26.2 Å². The highest BCUT2D eigenvalue weighted by Gasteiger charge is 1.80. The molecule has 0 unspecified atom stereocenters. The van der Waals surface area contributed by atoms with Gasteiger partial charge < -0.3 is 4.74 Å². The molecule has 0 aliphatic carbocycles. The van der Waals surface area contributed by atoms with Crippen molar-refractivity contribution in [2.75, 3.05) is 6.61 Å². The number of ether oxygens (including phenoxy) is 1. The Labute approximate surface area is 45.7 Å². The fraction of sp³-hybridized carbons (Fsp3) is 0.833. The molecule has 0 bridgehead atoms. The lowest BCUT2D eigenvalue weighted by Gasteiger charge is -1.92. The average Bonchev–Trinajstić information content (AvgIpc) is 1.69. The quantitative estimate of drug-likeness (QED) is 0.492. The van der Waals surface area contributed by atoms with Crippen LogP contribution in [0, 0.1) is 7.11 Å². The molecule has 0 N–H and O–H groups in total. The molecule has 0 rings (SSSR count). The second-order valence-electron chi connectivity index (χ2n) is 1.62. The third-order valence-electron chi connectivity index (χ3n) is 0.892. The normalized spacial score (nSPS) is 9.43. The van der Waals surface area contributed by atoms with Crippen LogP contribution in [0.2, 0.25) is 0 Å². The summed E-state index contributed by atoms with van der Waals surface area (Å²) in [5.74, 6) is 0. The number of hydrogen-bond acceptors (Lipinski definition) is 1. The Morgan fingerprint density at radius 2 is 2.14 bits per heavy atom. The molecule has 0 atom stereocenters. The second kappa shape index (κ2) is 5.96. The molecule has 1 nitrogen and oxygen atoms in total. The van der Waals surface area contributed by atoms with Crippen LogP contribution in [0.15, 0.2) is 0 Å². The van der Waals surface area contributed by atoms with Gasteiger partial charge in [-0.2, -0.15) is 0 Å². The van der Waals surface area contributed by atoms with E-state index in [1.165, 1.54) is 12.8 Å². The van der Waals surface area contributed by atoms with Crippen LogP contribution in [-0.4, -0.2) is 6.61 Å². The maximum absolute atomic E-state index is 4.59. The van der Waals surface area contributed by atoms with Crippen LogP contribution in [0.25, 0.3) is 0 Å². The monoisotopic (exact) mass is 101 g/mol. The molecule has 7 heavy (non-hydrogen) atoms. The third kappa shape index (κ3) is 5.96. The summed E-state index contributed by atoms with van der Waals surface area (Å²) in [7, 11) is 3.26. The largest absolute Gasteiger partial charge is 0.379 e. The predicted molar refractivity (Wildman–Crippen MR) is 30.8 cm³/mol. The molecule has 0 aliphatic heterocycles. The highest BCUT2D eigenvalue weighted by molar-refractivity contribution is 4.33. The molecule has 43 valence electrons. The topological polar surface area (TPSA) is 9.23 Å². The van der Waals surface area contributed by atoms with Gasteiger partial charge in [0.1, 0.15) is 0 Å². The third-order valence-corrected chi connectivity index (χ3v) is 0.892. The van der Waals surface area contributed by atoms with E-state index >= 15 is 0 Å². The Balaban J connectivity index is 2.45. The summed E-state index contributed by atoms with van der Waals surface area (Å²) in [5, 5.41) is 0. The molecular weight excluding hydrogens is 88.1 g/mol. The maximum atomic E-state index is 4.59. The van der Waals surface area contributed by atoms with Gasteiger partial charge in [-0.15, -0.1) is 0 Å². The molecule has 0 aliphatic rings. The number of unbranched alkanes of at least 4 members (excludes halogenated alkanes) is 2. The van der Waals surface area contributed by atoms with Gasteiger partial charge in [0.15, 0.2) is 0 Å². The van der Waals surface area contributed by atoms with Gasteiger partial charge in [-0.1, -0.05) is 19.8 Å². The summed E-state index contributed by atoms with van der Waals surface area (Å²) in [5.41, 5.74) is 0. The molecule has 0 amide bonds. The molecule has 0 heterocycles. The Kier molecular flexibility index (Phi) is 5.93. The zero-order valence-electron chi connectivity index (χ0n) is 4.94. The van der Waals surface area contributed by atoms with E-state index in [1.807, 2.05) is 0 Å². The van der Waals surface area contributed by atoms with Gasteiger partial charge in [-0.25, -0.2) is 0 Å². The molecule has 0 spiro atoms. The molecule has 1 heteroatoms. The summed E-state index contributed by atoms with van der Waals surface area (Å²) in [6.45, 7) is 2.98. The summed E-state index contributed by atoms with van der Waals surface area (Å²) in [6, 6.07) is 0. The first kappa shape index (κ1) is 6.96. The Morgan fingerprint density at radius 1 is 1.43 bits per heavy atom. The molecule has 0 aromatic heterocycles. The van der Waals surface area contributed by atoms with Crippen LogP contribution in [0.5, 0.6) is 0 Å². The van der Waals surface area contributed by atoms with E-state index in [4.69, 9.17) is 0 Å². The van der Waals surface area contributed by atoms with Crippen molar-refractivity contribution in [1.29, 1.82) is 0 Å². The van der Waals surface area contributed by atoms with Crippen molar-refractivity contribution >= 4 is 0 Å². The Morgan fingerprint density at radius 3 is 2.57 bits per heavy atom. The van der Waals surface area contributed by atoms with Crippen LogP contribution in [0.4, 0.5) is 0 Å². The van der Waals surface area contributed by atoms with Crippen LogP contribution in [0.3, 0.4) is 0 Å². The first-order chi connectivity index (χ1) is 3.41. The van der Waals surface area contributed by atoms with Gasteiger partial charge in [-0.05, 0) is 6.42 Å². The van der Waals surface area contributed by atoms with Crippen molar-refractivity contribution in [3.63, 3.8) is 0 Å². The average molecular weight is 101 g/mol. The summed E-state index contributed by atoms with van der Waals surface area (Å²) >= 11 is 0. The van der Waals surface area contributed by atoms with E-state index in [2.05, 4.69) is 18.8 Å². The smallest absolute Gasteiger partial charge is 0.0700 e. The minimum atomic E-state index is 0.813. The first-order valence-electron chi connectivity index (χ1n) is 2.78. The number of rotatable bonds is 4. The second-order valence-corrected chi connectivity index (χ2v) is 1.62. The Hall–Kier alpha value is -0.0400. The lowest BCUT2D eigenvalue weighted by molar-refractivity contribution is 0.234. The first-order valence-corrected chi connectivity index (χ1v) is 2.78. The van der Waals surface area contributed by atoms with E-state index in [0.717, 1.165) is 13.0 Å². The van der Waals surface area contributed by atoms with Gasteiger partial charge in [0.25, 0.3) is 0 Å². The van der Waals surface area contributed by atoms with E-state index in [-0.39, 0.29) is 0 Å². The van der Waals surface area contributed by atoms with Gasteiger partial charge in [0, 0.05) is 6.61 Å². The van der Waals surface area contributed by atoms with Gasteiger partial charge in [0.2, 0.25) is 0 Å². The number of hydrogen-bond donors (Lipinski definition) is 0. The van der Waals surface area contributed by atoms with E-state index in [0.29, 0.717) is 0 Å². The summed E-state index contributed by atoms with van der Waals surface area (Å²) in [4.78, 5) is 0. The molecule has 0 aromatic rings. The van der Waals surface area contributed by atoms with Gasteiger partial charge in [-0.3, -0.25) is 0 Å². The molecule has 0 saturated carbocycles. The zero-order valence-corrected chi connectivity index (χ0v) is 4.94. The van der Waals surface area contributed by atoms with Crippen molar-refractivity contribution in [3.05, 3.63) is 7.11 Å². The molecular formula is C6H13O. The summed E-state index contributed by atoms with van der Waals surface area (Å²) in [6.07, 6.45) is 3.67. The van der Waals surface area contributed by atoms with E-state index < -0.39 is 0 Å². The van der Waals surface area contributed by atoms with Crippen molar-refractivity contribution in [2.45, 2.75) is 26.2 Å². The van der Waals surface area contributed by atoms with Crippen molar-refractivity contribution < 1.29 is 4.74 Å². The van der Waals surface area contributed by atoms with Crippen LogP contribution >= 0.6 is 0 Å². The lowest BCUT2D eigenvalue weighted by atomic mass is 10.3. The van der Waals surface area contributed by atoms with Crippen molar-refractivity contribution in [2.24, 2.45) is 0 Å².